The largest absolute Gasteiger partial charge is 0.394 e. The van der Waals surface area contributed by atoms with Gasteiger partial charge in [0, 0.05) is 27.2 Å². The molecule has 1 aliphatic rings. The van der Waals surface area contributed by atoms with Crippen LogP contribution in [0.4, 0.5) is 0 Å². The number of ether oxygens (including phenoxy) is 4. The van der Waals surface area contributed by atoms with Crippen molar-refractivity contribution in [3.05, 3.63) is 0 Å². The van der Waals surface area contributed by atoms with Crippen LogP contribution in [0.15, 0.2) is 0 Å². The van der Waals surface area contributed by atoms with E-state index in [1.54, 1.807) is 6.92 Å². The van der Waals surface area contributed by atoms with E-state index in [1.807, 2.05) is 0 Å². The number of aliphatic hydroxyl groups is 2. The second kappa shape index (κ2) is 6.27. The van der Waals surface area contributed by atoms with Crippen molar-refractivity contribution in [1.82, 2.24) is 0 Å². The van der Waals surface area contributed by atoms with Gasteiger partial charge in [0.15, 0.2) is 0 Å². The molecule has 0 amide bonds. The van der Waals surface area contributed by atoms with Crippen LogP contribution in [0.25, 0.3) is 0 Å². The SMILES string of the molecule is COC(C)(O)C(C)(OC)O[C@@H]1CCO[C@H](CO)C1. The topological polar surface area (TPSA) is 77.4 Å². The zero-order valence-corrected chi connectivity index (χ0v) is 11.5. The zero-order valence-electron chi connectivity index (χ0n) is 11.5. The Morgan fingerprint density at radius 2 is 1.94 bits per heavy atom. The molecule has 0 aromatic heterocycles. The molecule has 6 heteroatoms. The summed E-state index contributed by atoms with van der Waals surface area (Å²) >= 11 is 0. The summed E-state index contributed by atoms with van der Waals surface area (Å²) in [6.45, 7) is 3.59. The predicted octanol–water partition coefficient (Wildman–Crippen LogP) is 0.260. The van der Waals surface area contributed by atoms with Gasteiger partial charge < -0.3 is 29.2 Å². The Bertz CT molecular complexity index is 257. The van der Waals surface area contributed by atoms with Crippen LogP contribution in [0, 0.1) is 0 Å². The first-order chi connectivity index (χ1) is 8.38. The Hall–Kier alpha value is -0.240. The van der Waals surface area contributed by atoms with Gasteiger partial charge >= 0.3 is 0 Å². The Morgan fingerprint density at radius 3 is 2.44 bits per heavy atom. The van der Waals surface area contributed by atoms with Crippen LogP contribution in [-0.4, -0.2) is 61.4 Å². The third-order valence-electron chi connectivity index (χ3n) is 3.54. The van der Waals surface area contributed by atoms with Gasteiger partial charge in [-0.2, -0.15) is 0 Å². The lowest BCUT2D eigenvalue weighted by Gasteiger charge is -2.43. The second-order valence-electron chi connectivity index (χ2n) is 4.78. The molecule has 0 aromatic carbocycles. The van der Waals surface area contributed by atoms with Crippen LogP contribution in [0.1, 0.15) is 26.7 Å². The lowest BCUT2D eigenvalue weighted by molar-refractivity contribution is -0.386. The van der Waals surface area contributed by atoms with Crippen molar-refractivity contribution < 1.29 is 29.2 Å². The third-order valence-corrected chi connectivity index (χ3v) is 3.54. The van der Waals surface area contributed by atoms with Crippen molar-refractivity contribution in [3.63, 3.8) is 0 Å². The minimum atomic E-state index is -1.56. The van der Waals surface area contributed by atoms with Gasteiger partial charge in [-0.15, -0.1) is 0 Å². The van der Waals surface area contributed by atoms with E-state index in [0.29, 0.717) is 19.4 Å². The average Bonchev–Trinajstić information content (AvgIpc) is 2.38. The molecule has 1 fully saturated rings. The maximum Gasteiger partial charge on any atom is 0.220 e. The first-order valence-corrected chi connectivity index (χ1v) is 6.11. The molecule has 4 atom stereocenters. The molecule has 2 unspecified atom stereocenters. The van der Waals surface area contributed by atoms with E-state index >= 15 is 0 Å². The van der Waals surface area contributed by atoms with Crippen molar-refractivity contribution in [2.24, 2.45) is 0 Å². The molecular formula is C12H24O6. The summed E-state index contributed by atoms with van der Waals surface area (Å²) in [6.07, 6.45) is 0.879. The molecule has 0 radical (unpaired) electrons. The van der Waals surface area contributed by atoms with Crippen LogP contribution in [0.3, 0.4) is 0 Å². The molecule has 0 saturated carbocycles. The fourth-order valence-corrected chi connectivity index (χ4v) is 1.93. The number of aliphatic hydroxyl groups excluding tert-OH is 1. The van der Waals surface area contributed by atoms with Crippen LogP contribution in [0.5, 0.6) is 0 Å². The van der Waals surface area contributed by atoms with Gasteiger partial charge in [0.1, 0.15) is 0 Å². The van der Waals surface area contributed by atoms with E-state index < -0.39 is 11.6 Å². The molecule has 108 valence electrons. The van der Waals surface area contributed by atoms with Crippen LogP contribution < -0.4 is 0 Å². The minimum absolute atomic E-state index is 0.0375. The van der Waals surface area contributed by atoms with Gasteiger partial charge in [0.05, 0.1) is 18.8 Å². The van der Waals surface area contributed by atoms with Crippen molar-refractivity contribution in [2.45, 2.75) is 50.5 Å². The summed E-state index contributed by atoms with van der Waals surface area (Å²) in [5.41, 5.74) is 0. The Balaban J connectivity index is 2.67. The van der Waals surface area contributed by atoms with Gasteiger partial charge in [-0.05, 0) is 20.3 Å². The standard InChI is InChI=1S/C12H24O6/c1-11(14,15-3)12(2,16-4)18-9-5-6-17-10(7-9)8-13/h9-10,13-14H,5-8H2,1-4H3/t9-,10+,11?,12?/m1/s1. The molecular weight excluding hydrogens is 240 g/mol. The first kappa shape index (κ1) is 15.8. The fourth-order valence-electron chi connectivity index (χ4n) is 1.93. The van der Waals surface area contributed by atoms with Gasteiger partial charge in [0.25, 0.3) is 0 Å². The highest BCUT2D eigenvalue weighted by atomic mass is 16.8. The molecule has 0 aromatic rings. The fraction of sp³-hybridized carbons (Fsp3) is 1.00. The minimum Gasteiger partial charge on any atom is -0.394 e. The molecule has 6 nitrogen and oxygen atoms in total. The zero-order chi connectivity index (χ0) is 13.8. The maximum atomic E-state index is 10.1. The van der Waals surface area contributed by atoms with Crippen molar-refractivity contribution in [3.8, 4) is 0 Å². The van der Waals surface area contributed by atoms with E-state index in [0.717, 1.165) is 0 Å². The highest BCUT2D eigenvalue weighted by Gasteiger charge is 2.47. The smallest absolute Gasteiger partial charge is 0.220 e. The lowest BCUT2D eigenvalue weighted by atomic mass is 10.0. The molecule has 1 saturated heterocycles. The molecule has 1 rings (SSSR count). The monoisotopic (exact) mass is 264 g/mol. The Labute approximate surface area is 108 Å². The molecule has 0 bridgehead atoms. The number of hydrogen-bond acceptors (Lipinski definition) is 6. The van der Waals surface area contributed by atoms with E-state index in [-0.39, 0.29) is 18.8 Å². The normalized spacial score (nSPS) is 31.7. The average molecular weight is 264 g/mol. The summed E-state index contributed by atoms with van der Waals surface area (Å²) in [5.74, 6) is -2.83. The number of rotatable bonds is 6. The van der Waals surface area contributed by atoms with Crippen molar-refractivity contribution in [2.75, 3.05) is 27.4 Å². The summed E-state index contributed by atoms with van der Waals surface area (Å²) < 4.78 is 21.5. The van der Waals surface area contributed by atoms with Gasteiger partial charge in [-0.3, -0.25) is 0 Å². The molecule has 0 aliphatic carbocycles. The van der Waals surface area contributed by atoms with Crippen molar-refractivity contribution in [1.29, 1.82) is 0 Å². The second-order valence-corrected chi connectivity index (χ2v) is 4.78. The summed E-state index contributed by atoms with van der Waals surface area (Å²) in [5, 5.41) is 19.2. The maximum absolute atomic E-state index is 10.1. The molecule has 1 aliphatic heterocycles. The summed E-state index contributed by atoms with van der Waals surface area (Å²) in [7, 11) is 2.84. The van der Waals surface area contributed by atoms with E-state index in [4.69, 9.17) is 24.1 Å². The Morgan fingerprint density at radius 1 is 1.28 bits per heavy atom. The van der Waals surface area contributed by atoms with Gasteiger partial charge in [-0.1, -0.05) is 0 Å². The predicted molar refractivity (Wildman–Crippen MR) is 64.0 cm³/mol. The highest BCUT2D eigenvalue weighted by molar-refractivity contribution is 4.82. The van der Waals surface area contributed by atoms with Crippen LogP contribution in [-0.2, 0) is 18.9 Å². The molecule has 18 heavy (non-hydrogen) atoms. The van der Waals surface area contributed by atoms with Gasteiger partial charge in [0.2, 0.25) is 11.6 Å². The van der Waals surface area contributed by atoms with E-state index in [9.17, 15) is 5.11 Å². The van der Waals surface area contributed by atoms with Crippen molar-refractivity contribution >= 4 is 0 Å². The van der Waals surface area contributed by atoms with Crippen LogP contribution in [0.2, 0.25) is 0 Å². The summed E-state index contributed by atoms with van der Waals surface area (Å²) in [4.78, 5) is 0. The van der Waals surface area contributed by atoms with Crippen LogP contribution >= 0.6 is 0 Å². The quantitative estimate of drug-likeness (QED) is 0.670. The van der Waals surface area contributed by atoms with E-state index in [2.05, 4.69) is 0 Å². The summed E-state index contributed by atoms with van der Waals surface area (Å²) in [6, 6.07) is 0. The number of methoxy groups -OCH3 is 2. The van der Waals surface area contributed by atoms with Gasteiger partial charge in [-0.25, -0.2) is 0 Å². The number of hydrogen-bond donors (Lipinski definition) is 2. The highest BCUT2D eigenvalue weighted by Crippen LogP contribution is 2.31. The molecule has 2 N–H and O–H groups in total. The van der Waals surface area contributed by atoms with E-state index in [1.165, 1.54) is 21.1 Å². The lowest BCUT2D eigenvalue weighted by Crippen LogP contribution is -2.56. The Kier molecular flexibility index (Phi) is 5.51. The first-order valence-electron chi connectivity index (χ1n) is 6.11. The molecule has 1 heterocycles. The molecule has 0 spiro atoms. The third kappa shape index (κ3) is 3.40.